The van der Waals surface area contributed by atoms with Crippen molar-refractivity contribution in [2.75, 3.05) is 6.23 Å². The summed E-state index contributed by atoms with van der Waals surface area (Å²) >= 11 is 3.59. The van der Waals surface area contributed by atoms with E-state index in [1.807, 2.05) is 0 Å². The van der Waals surface area contributed by atoms with E-state index in [0.717, 1.165) is 17.3 Å². The van der Waals surface area contributed by atoms with Gasteiger partial charge in [-0.15, -0.1) is 0 Å². The summed E-state index contributed by atoms with van der Waals surface area (Å²) in [6.45, 7) is 7.84. The van der Waals surface area contributed by atoms with Crippen molar-refractivity contribution in [1.29, 1.82) is 0 Å². The van der Waals surface area contributed by atoms with Crippen molar-refractivity contribution in [3.63, 3.8) is 0 Å². The van der Waals surface area contributed by atoms with Gasteiger partial charge in [0.25, 0.3) is 0 Å². The van der Waals surface area contributed by atoms with Crippen molar-refractivity contribution < 1.29 is 4.74 Å². The van der Waals surface area contributed by atoms with Crippen LogP contribution in [0.2, 0.25) is 18.6 Å². The molecule has 20 heavy (non-hydrogen) atoms. The fourth-order valence-electron chi connectivity index (χ4n) is 2.50. The van der Waals surface area contributed by atoms with Gasteiger partial charge in [-0.2, -0.15) is 0 Å². The molecule has 0 bridgehead atoms. The van der Waals surface area contributed by atoms with Crippen LogP contribution in [0.5, 0.6) is 0 Å². The van der Waals surface area contributed by atoms with Crippen molar-refractivity contribution in [1.82, 2.24) is 0 Å². The third-order valence-electron chi connectivity index (χ3n) is 3.93. The van der Waals surface area contributed by atoms with E-state index < -0.39 is 8.07 Å². The van der Waals surface area contributed by atoms with Gasteiger partial charge >= 0.3 is 0 Å². The Hall–Kier alpha value is -0.123. The lowest BCUT2D eigenvalue weighted by molar-refractivity contribution is 0.157. The Morgan fingerprint density at radius 1 is 1.05 bits per heavy atom. The highest BCUT2D eigenvalue weighted by Crippen LogP contribution is 2.23. The summed E-state index contributed by atoms with van der Waals surface area (Å²) in [7, 11) is -1.20. The Bertz CT molecular complexity index is 373. The molecule has 0 aliphatic rings. The molecule has 114 valence electrons. The van der Waals surface area contributed by atoms with Gasteiger partial charge in [-0.05, 0) is 11.6 Å². The van der Waals surface area contributed by atoms with E-state index in [-0.39, 0.29) is 0 Å². The Labute approximate surface area is 134 Å². The zero-order valence-electron chi connectivity index (χ0n) is 13.3. The van der Waals surface area contributed by atoms with Gasteiger partial charge < -0.3 is 4.74 Å². The molecule has 0 spiro atoms. The Morgan fingerprint density at radius 2 is 1.65 bits per heavy atom. The predicted octanol–water partition coefficient (Wildman–Crippen LogP) is 6.18. The summed E-state index contributed by atoms with van der Waals surface area (Å²) in [5, 5.41) is 0. The molecule has 1 aromatic carbocycles. The van der Waals surface area contributed by atoms with Crippen LogP contribution >= 0.6 is 15.9 Å². The van der Waals surface area contributed by atoms with Crippen LogP contribution < -0.4 is 0 Å². The zero-order valence-corrected chi connectivity index (χ0v) is 15.8. The quantitative estimate of drug-likeness (QED) is 0.454. The second-order valence-electron chi connectivity index (χ2n) is 6.10. The monoisotopic (exact) mass is 356 g/mol. The molecule has 3 heteroatoms. The molecular weight excluding hydrogens is 328 g/mol. The van der Waals surface area contributed by atoms with Gasteiger partial charge in [0, 0.05) is 10.7 Å². The van der Waals surface area contributed by atoms with Gasteiger partial charge in [-0.25, -0.2) is 0 Å². The molecule has 0 fully saturated rings. The highest BCUT2D eigenvalue weighted by atomic mass is 79.9. The SMILES string of the molecule is CCCC[Si](C)(CCCC)COCc1ccccc1Br. The van der Waals surface area contributed by atoms with Crippen LogP contribution in [0.3, 0.4) is 0 Å². The first kappa shape index (κ1) is 17.9. The molecule has 0 aliphatic carbocycles. The van der Waals surface area contributed by atoms with Gasteiger partial charge in [0.15, 0.2) is 0 Å². The standard InChI is InChI=1S/C17H29BrOSi/c1-4-6-12-20(3,13-7-5-2)15-19-14-16-10-8-9-11-17(16)18/h8-11H,4-7,12-15H2,1-3H3. The van der Waals surface area contributed by atoms with Crippen LogP contribution in [-0.2, 0) is 11.3 Å². The zero-order chi connectivity index (χ0) is 14.8. The summed E-state index contributed by atoms with van der Waals surface area (Å²) in [6, 6.07) is 11.2. The largest absolute Gasteiger partial charge is 0.380 e. The molecule has 1 aromatic rings. The van der Waals surface area contributed by atoms with Crippen molar-refractivity contribution in [3.05, 3.63) is 34.3 Å². The molecule has 0 saturated heterocycles. The van der Waals surface area contributed by atoms with Crippen LogP contribution in [0.25, 0.3) is 0 Å². The van der Waals surface area contributed by atoms with Gasteiger partial charge in [0.1, 0.15) is 0 Å². The lowest BCUT2D eigenvalue weighted by Gasteiger charge is -2.27. The highest BCUT2D eigenvalue weighted by Gasteiger charge is 2.26. The maximum absolute atomic E-state index is 6.09. The van der Waals surface area contributed by atoms with Gasteiger partial charge in [0.05, 0.1) is 14.7 Å². The smallest absolute Gasteiger partial charge is 0.0807 e. The molecule has 0 saturated carbocycles. The second kappa shape index (κ2) is 9.75. The molecule has 0 unspecified atom stereocenters. The van der Waals surface area contributed by atoms with Crippen molar-refractivity contribution in [2.45, 2.75) is 64.8 Å². The Morgan fingerprint density at radius 3 is 2.20 bits per heavy atom. The summed E-state index contributed by atoms with van der Waals surface area (Å²) in [5.41, 5.74) is 1.26. The minimum absolute atomic E-state index is 0.738. The third-order valence-corrected chi connectivity index (χ3v) is 8.73. The molecule has 0 aromatic heterocycles. The summed E-state index contributed by atoms with van der Waals surface area (Å²) in [4.78, 5) is 0. The summed E-state index contributed by atoms with van der Waals surface area (Å²) in [6.07, 6.45) is 6.35. The maximum atomic E-state index is 6.09. The molecule has 0 radical (unpaired) electrons. The van der Waals surface area contributed by atoms with Crippen LogP contribution in [-0.4, -0.2) is 14.3 Å². The topological polar surface area (TPSA) is 9.23 Å². The number of benzene rings is 1. The van der Waals surface area contributed by atoms with E-state index >= 15 is 0 Å². The number of unbranched alkanes of at least 4 members (excludes halogenated alkanes) is 2. The van der Waals surface area contributed by atoms with Crippen molar-refractivity contribution in [2.24, 2.45) is 0 Å². The average molecular weight is 357 g/mol. The molecule has 1 nitrogen and oxygen atoms in total. The lowest BCUT2D eigenvalue weighted by Crippen LogP contribution is -2.36. The van der Waals surface area contributed by atoms with Gasteiger partial charge in [-0.1, -0.05) is 92.3 Å². The van der Waals surface area contributed by atoms with E-state index in [4.69, 9.17) is 4.74 Å². The number of halogens is 1. The van der Waals surface area contributed by atoms with Crippen LogP contribution in [0, 0.1) is 0 Å². The van der Waals surface area contributed by atoms with Gasteiger partial charge in [0.2, 0.25) is 0 Å². The minimum atomic E-state index is -1.20. The van der Waals surface area contributed by atoms with E-state index in [9.17, 15) is 0 Å². The molecule has 0 heterocycles. The van der Waals surface area contributed by atoms with Crippen LogP contribution in [0.4, 0.5) is 0 Å². The Balaban J connectivity index is 2.47. The number of hydrogen-bond donors (Lipinski definition) is 0. The molecule has 0 amide bonds. The van der Waals surface area contributed by atoms with Gasteiger partial charge in [-0.3, -0.25) is 0 Å². The van der Waals surface area contributed by atoms with E-state index in [0.29, 0.717) is 0 Å². The number of ether oxygens (including phenoxy) is 1. The first-order chi connectivity index (χ1) is 9.61. The highest BCUT2D eigenvalue weighted by molar-refractivity contribution is 9.10. The van der Waals surface area contributed by atoms with Crippen LogP contribution in [0.1, 0.15) is 45.1 Å². The van der Waals surface area contributed by atoms with Crippen LogP contribution in [0.15, 0.2) is 28.7 Å². The lowest BCUT2D eigenvalue weighted by atomic mass is 10.2. The molecule has 0 N–H and O–H groups in total. The molecule has 0 aliphatic heterocycles. The second-order valence-corrected chi connectivity index (χ2v) is 11.9. The minimum Gasteiger partial charge on any atom is -0.380 e. The van der Waals surface area contributed by atoms with Crippen molar-refractivity contribution >= 4 is 24.0 Å². The maximum Gasteiger partial charge on any atom is 0.0807 e. The van der Waals surface area contributed by atoms with E-state index in [2.05, 4.69) is 60.6 Å². The first-order valence-corrected chi connectivity index (χ1v) is 11.8. The molecule has 0 atom stereocenters. The average Bonchev–Trinajstić information content (AvgIpc) is 2.45. The molecule has 1 rings (SSSR count). The Kier molecular flexibility index (Phi) is 8.74. The third kappa shape index (κ3) is 6.55. The fraction of sp³-hybridized carbons (Fsp3) is 0.647. The molecular formula is C17H29BrOSi. The fourth-order valence-corrected chi connectivity index (χ4v) is 6.45. The number of hydrogen-bond acceptors (Lipinski definition) is 1. The summed E-state index contributed by atoms with van der Waals surface area (Å²) < 4.78 is 7.25. The van der Waals surface area contributed by atoms with Crippen molar-refractivity contribution in [3.8, 4) is 0 Å². The predicted molar refractivity (Wildman–Crippen MR) is 94.8 cm³/mol. The normalized spacial score (nSPS) is 11.8. The number of rotatable bonds is 10. The summed E-state index contributed by atoms with van der Waals surface area (Å²) in [5.74, 6) is 0. The van der Waals surface area contributed by atoms with E-state index in [1.54, 1.807) is 0 Å². The first-order valence-electron chi connectivity index (χ1n) is 7.92. The van der Waals surface area contributed by atoms with E-state index in [1.165, 1.54) is 43.3 Å².